The van der Waals surface area contributed by atoms with E-state index in [-0.39, 0.29) is 0 Å². The molecular formula is C9H5N4. The Hall–Kier alpha value is -2.15. The van der Waals surface area contributed by atoms with E-state index in [4.69, 9.17) is 5.26 Å². The van der Waals surface area contributed by atoms with Crippen LogP contribution in [-0.4, -0.2) is 14.8 Å². The third-order valence-corrected chi connectivity index (χ3v) is 1.63. The fraction of sp³-hybridized carbons (Fsp3) is 0. The summed E-state index contributed by atoms with van der Waals surface area (Å²) in [5.41, 5.74) is 1.26. The maximum absolute atomic E-state index is 8.79. The molecule has 1 aromatic heterocycles. The van der Waals surface area contributed by atoms with E-state index in [0.29, 0.717) is 5.56 Å². The molecule has 0 unspecified atom stereocenters. The van der Waals surface area contributed by atoms with Gasteiger partial charge in [0.15, 0.2) is 0 Å². The van der Waals surface area contributed by atoms with Gasteiger partial charge in [-0.25, -0.2) is 9.67 Å². The molecule has 2 aromatic rings. The molecule has 0 atom stereocenters. The van der Waals surface area contributed by atoms with Crippen LogP contribution in [0.2, 0.25) is 0 Å². The Morgan fingerprint density at radius 3 is 3.15 bits per heavy atom. The summed E-state index contributed by atoms with van der Waals surface area (Å²) in [6, 6.07) is 10.0. The lowest BCUT2D eigenvalue weighted by Crippen LogP contribution is -1.96. The highest BCUT2D eigenvalue weighted by Crippen LogP contribution is 2.10. The van der Waals surface area contributed by atoms with Gasteiger partial charge in [0.25, 0.3) is 0 Å². The molecule has 0 aliphatic heterocycles. The van der Waals surface area contributed by atoms with Crippen LogP contribution in [0.25, 0.3) is 5.69 Å². The van der Waals surface area contributed by atoms with Gasteiger partial charge in [-0.2, -0.15) is 10.4 Å². The molecular weight excluding hydrogens is 164 g/mol. The molecule has 61 valence electrons. The van der Waals surface area contributed by atoms with Crippen LogP contribution in [0.15, 0.2) is 30.9 Å². The topological polar surface area (TPSA) is 54.5 Å². The fourth-order valence-electron chi connectivity index (χ4n) is 1.04. The smallest absolute Gasteiger partial charge is 0.138 e. The molecule has 0 saturated carbocycles. The number of hydrogen-bond acceptors (Lipinski definition) is 3. The number of benzene rings is 1. The minimum absolute atomic E-state index is 0.535. The molecule has 0 bridgehead atoms. The maximum Gasteiger partial charge on any atom is 0.138 e. The highest BCUT2D eigenvalue weighted by molar-refractivity contribution is 5.47. The zero-order chi connectivity index (χ0) is 9.10. The molecule has 0 amide bonds. The van der Waals surface area contributed by atoms with Crippen molar-refractivity contribution in [2.45, 2.75) is 0 Å². The monoisotopic (exact) mass is 169 g/mol. The van der Waals surface area contributed by atoms with Gasteiger partial charge in [-0.15, -0.1) is 0 Å². The molecule has 1 aromatic carbocycles. The van der Waals surface area contributed by atoms with E-state index in [2.05, 4.69) is 22.2 Å². The minimum atomic E-state index is 0.535. The molecule has 1 radical (unpaired) electrons. The van der Waals surface area contributed by atoms with Crippen LogP contribution in [0.4, 0.5) is 0 Å². The Bertz CT molecular complexity index is 439. The van der Waals surface area contributed by atoms with Crippen LogP contribution in [0, 0.1) is 17.4 Å². The van der Waals surface area contributed by atoms with Crippen molar-refractivity contribution < 1.29 is 0 Å². The standard InChI is InChI=1S/C9H5N4/c10-5-8-3-1-2-4-9(8)13-7-11-6-12-13/h2-4,6-7H. The van der Waals surface area contributed by atoms with Gasteiger partial charge in [-0.1, -0.05) is 6.07 Å². The van der Waals surface area contributed by atoms with Gasteiger partial charge in [0, 0.05) is 0 Å². The molecule has 0 N–H and O–H groups in total. The molecule has 0 spiro atoms. The van der Waals surface area contributed by atoms with Gasteiger partial charge >= 0.3 is 0 Å². The van der Waals surface area contributed by atoms with Crippen LogP contribution in [0.3, 0.4) is 0 Å². The van der Waals surface area contributed by atoms with Crippen molar-refractivity contribution >= 4 is 0 Å². The summed E-state index contributed by atoms with van der Waals surface area (Å²) in [5.74, 6) is 0. The van der Waals surface area contributed by atoms with Gasteiger partial charge in [-0.05, 0) is 18.2 Å². The van der Waals surface area contributed by atoms with E-state index in [1.54, 1.807) is 29.2 Å². The van der Waals surface area contributed by atoms with Crippen molar-refractivity contribution in [1.82, 2.24) is 14.8 Å². The van der Waals surface area contributed by atoms with Crippen LogP contribution in [0.5, 0.6) is 0 Å². The van der Waals surface area contributed by atoms with Crippen molar-refractivity contribution in [2.24, 2.45) is 0 Å². The molecule has 4 heteroatoms. The molecule has 0 aliphatic carbocycles. The first-order chi connectivity index (χ1) is 6.42. The fourth-order valence-corrected chi connectivity index (χ4v) is 1.04. The van der Waals surface area contributed by atoms with Crippen molar-refractivity contribution in [3.63, 3.8) is 0 Å². The van der Waals surface area contributed by atoms with E-state index >= 15 is 0 Å². The van der Waals surface area contributed by atoms with E-state index in [0.717, 1.165) is 5.69 Å². The van der Waals surface area contributed by atoms with E-state index in [1.807, 2.05) is 0 Å². The van der Waals surface area contributed by atoms with Gasteiger partial charge in [-0.3, -0.25) is 0 Å². The number of nitrogens with zero attached hydrogens (tertiary/aromatic N) is 4. The highest BCUT2D eigenvalue weighted by Gasteiger charge is 2.02. The summed E-state index contributed by atoms with van der Waals surface area (Å²) >= 11 is 0. The first-order valence-corrected chi connectivity index (χ1v) is 3.67. The molecule has 4 nitrogen and oxygen atoms in total. The normalized spacial score (nSPS) is 9.46. The van der Waals surface area contributed by atoms with E-state index < -0.39 is 0 Å². The second kappa shape index (κ2) is 3.07. The predicted octanol–water partition coefficient (Wildman–Crippen LogP) is 0.939. The predicted molar refractivity (Wildman–Crippen MR) is 44.9 cm³/mol. The summed E-state index contributed by atoms with van der Waals surface area (Å²) in [4.78, 5) is 3.81. The van der Waals surface area contributed by atoms with Crippen LogP contribution in [0.1, 0.15) is 5.56 Å². The third-order valence-electron chi connectivity index (χ3n) is 1.63. The number of rotatable bonds is 1. The lowest BCUT2D eigenvalue weighted by atomic mass is 10.2. The lowest BCUT2D eigenvalue weighted by molar-refractivity contribution is 0.876. The first-order valence-electron chi connectivity index (χ1n) is 3.67. The molecule has 1 heterocycles. The quantitative estimate of drug-likeness (QED) is 0.638. The molecule has 0 aliphatic rings. The lowest BCUT2D eigenvalue weighted by Gasteiger charge is -2.00. The van der Waals surface area contributed by atoms with Crippen LogP contribution >= 0.6 is 0 Å². The Morgan fingerprint density at radius 2 is 2.46 bits per heavy atom. The second-order valence-corrected chi connectivity index (χ2v) is 2.40. The second-order valence-electron chi connectivity index (χ2n) is 2.40. The molecule has 2 rings (SSSR count). The van der Waals surface area contributed by atoms with Crippen molar-refractivity contribution in [3.05, 3.63) is 42.5 Å². The Morgan fingerprint density at radius 1 is 1.54 bits per heavy atom. The summed E-state index contributed by atoms with van der Waals surface area (Å²) in [7, 11) is 0. The summed E-state index contributed by atoms with van der Waals surface area (Å²) in [6.07, 6.45) is 2.98. The zero-order valence-corrected chi connectivity index (χ0v) is 6.68. The number of nitriles is 1. The largest absolute Gasteiger partial charge is 0.223 e. The highest BCUT2D eigenvalue weighted by atomic mass is 15.3. The SMILES string of the molecule is N#Cc1c[c]ccc1-n1cncn1. The van der Waals surface area contributed by atoms with E-state index in [9.17, 15) is 0 Å². The van der Waals surface area contributed by atoms with Crippen molar-refractivity contribution in [3.8, 4) is 11.8 Å². The van der Waals surface area contributed by atoms with Gasteiger partial charge in [0.1, 0.15) is 18.7 Å². The molecule has 0 fully saturated rings. The van der Waals surface area contributed by atoms with Gasteiger partial charge in [0.05, 0.1) is 11.3 Å². The number of aromatic nitrogens is 3. The third kappa shape index (κ3) is 1.27. The van der Waals surface area contributed by atoms with Crippen LogP contribution in [-0.2, 0) is 0 Å². The van der Waals surface area contributed by atoms with E-state index in [1.165, 1.54) is 6.33 Å². The Balaban J connectivity index is 2.59. The Labute approximate surface area is 75.1 Å². The first kappa shape index (κ1) is 7.50. The molecule has 0 saturated heterocycles. The van der Waals surface area contributed by atoms with Gasteiger partial charge < -0.3 is 0 Å². The number of hydrogen-bond donors (Lipinski definition) is 0. The average Bonchev–Trinajstić information content (AvgIpc) is 2.70. The van der Waals surface area contributed by atoms with Gasteiger partial charge in [0.2, 0.25) is 0 Å². The Kier molecular flexibility index (Phi) is 1.77. The zero-order valence-electron chi connectivity index (χ0n) is 6.68. The summed E-state index contributed by atoms with van der Waals surface area (Å²) in [5, 5.41) is 12.7. The minimum Gasteiger partial charge on any atom is -0.223 e. The van der Waals surface area contributed by atoms with Crippen molar-refractivity contribution in [1.29, 1.82) is 5.26 Å². The maximum atomic E-state index is 8.79. The van der Waals surface area contributed by atoms with Crippen LogP contribution < -0.4 is 0 Å². The average molecular weight is 169 g/mol. The van der Waals surface area contributed by atoms with Crippen molar-refractivity contribution in [2.75, 3.05) is 0 Å². The summed E-state index contributed by atoms with van der Waals surface area (Å²) < 4.78 is 1.55. The summed E-state index contributed by atoms with van der Waals surface area (Å²) in [6.45, 7) is 0. The molecule has 13 heavy (non-hydrogen) atoms.